The standard InChI is InChI=1S/C13H13F2NO3.C2H6/c1-7(2)19-13(17)16-5-4-8-11(15)10(18-3)6-9(14)12(8)16;1-2/h4-7H,1-3H3;1-2H3. The number of aromatic nitrogens is 1. The van der Waals surface area contributed by atoms with Gasteiger partial charge in [0, 0.05) is 17.6 Å². The Bertz CT molecular complexity index is 635. The van der Waals surface area contributed by atoms with Crippen LogP contribution in [0, 0.1) is 11.6 Å². The molecule has 1 heterocycles. The van der Waals surface area contributed by atoms with E-state index in [1.807, 2.05) is 13.8 Å². The number of ether oxygens (including phenoxy) is 2. The summed E-state index contributed by atoms with van der Waals surface area (Å²) < 4.78 is 38.5. The Morgan fingerprint density at radius 3 is 2.43 bits per heavy atom. The second-order valence-corrected chi connectivity index (χ2v) is 4.26. The predicted molar refractivity (Wildman–Crippen MR) is 76.8 cm³/mol. The largest absolute Gasteiger partial charge is 0.494 e. The molecule has 2 aromatic rings. The van der Waals surface area contributed by atoms with Crippen molar-refractivity contribution in [3.05, 3.63) is 30.0 Å². The van der Waals surface area contributed by atoms with Crippen molar-refractivity contribution >= 4 is 17.0 Å². The molecule has 1 aromatic heterocycles. The molecule has 0 unspecified atom stereocenters. The molecular formula is C15H19F2NO3. The third-order valence-corrected chi connectivity index (χ3v) is 2.58. The van der Waals surface area contributed by atoms with Crippen LogP contribution in [0.1, 0.15) is 27.7 Å². The van der Waals surface area contributed by atoms with Gasteiger partial charge in [-0.15, -0.1) is 0 Å². The zero-order valence-corrected chi connectivity index (χ0v) is 12.7. The van der Waals surface area contributed by atoms with E-state index in [0.29, 0.717) is 0 Å². The normalized spacial score (nSPS) is 10.3. The van der Waals surface area contributed by atoms with Gasteiger partial charge >= 0.3 is 6.09 Å². The number of halogens is 2. The SMILES string of the molecule is CC.COc1cc(F)c2c(ccn2C(=O)OC(C)C)c1F. The molecule has 0 saturated heterocycles. The van der Waals surface area contributed by atoms with Crippen LogP contribution in [0.4, 0.5) is 13.6 Å². The predicted octanol–water partition coefficient (Wildman–Crippen LogP) is 4.35. The van der Waals surface area contributed by atoms with Crippen LogP contribution in [0.2, 0.25) is 0 Å². The number of carbonyl (C=O) groups excluding carboxylic acids is 1. The fraction of sp³-hybridized carbons (Fsp3) is 0.400. The maximum absolute atomic E-state index is 13.9. The van der Waals surface area contributed by atoms with E-state index >= 15 is 0 Å². The molecular weight excluding hydrogens is 280 g/mol. The van der Waals surface area contributed by atoms with Gasteiger partial charge in [-0.1, -0.05) is 13.8 Å². The number of rotatable bonds is 2. The van der Waals surface area contributed by atoms with Crippen molar-refractivity contribution in [2.75, 3.05) is 7.11 Å². The van der Waals surface area contributed by atoms with Crippen LogP contribution in [0.15, 0.2) is 18.3 Å². The molecule has 4 nitrogen and oxygen atoms in total. The topological polar surface area (TPSA) is 40.5 Å². The molecule has 2 rings (SSSR count). The number of hydrogen-bond acceptors (Lipinski definition) is 3. The van der Waals surface area contributed by atoms with Gasteiger partial charge in [0.1, 0.15) is 0 Å². The molecule has 6 heteroatoms. The summed E-state index contributed by atoms with van der Waals surface area (Å²) in [5.41, 5.74) is -0.163. The highest BCUT2D eigenvalue weighted by Gasteiger charge is 2.20. The molecule has 1 aromatic carbocycles. The Labute approximate surface area is 122 Å². The number of benzene rings is 1. The molecule has 0 amide bonds. The summed E-state index contributed by atoms with van der Waals surface area (Å²) in [5, 5.41) is -0.0300. The quantitative estimate of drug-likeness (QED) is 0.828. The summed E-state index contributed by atoms with van der Waals surface area (Å²) in [6.45, 7) is 7.34. The van der Waals surface area contributed by atoms with Crippen molar-refractivity contribution in [1.82, 2.24) is 4.57 Å². The van der Waals surface area contributed by atoms with Crippen molar-refractivity contribution in [3.63, 3.8) is 0 Å². The molecule has 116 valence electrons. The lowest BCUT2D eigenvalue weighted by molar-refractivity contribution is 0.118. The lowest BCUT2D eigenvalue weighted by atomic mass is 10.2. The van der Waals surface area contributed by atoms with Crippen molar-refractivity contribution < 1.29 is 23.0 Å². The average molecular weight is 299 g/mol. The van der Waals surface area contributed by atoms with Gasteiger partial charge in [-0.25, -0.2) is 18.1 Å². The molecule has 0 N–H and O–H groups in total. The number of nitrogens with zero attached hydrogens (tertiary/aromatic N) is 1. The first-order valence-corrected chi connectivity index (χ1v) is 6.69. The van der Waals surface area contributed by atoms with E-state index in [0.717, 1.165) is 10.6 Å². The van der Waals surface area contributed by atoms with Gasteiger partial charge in [0.2, 0.25) is 0 Å². The van der Waals surface area contributed by atoms with Gasteiger partial charge in [-0.2, -0.15) is 0 Å². The number of fused-ring (bicyclic) bond motifs is 1. The number of hydrogen-bond donors (Lipinski definition) is 0. The highest BCUT2D eigenvalue weighted by molar-refractivity contribution is 5.91. The van der Waals surface area contributed by atoms with Gasteiger partial charge < -0.3 is 9.47 Å². The van der Waals surface area contributed by atoms with E-state index in [-0.39, 0.29) is 22.8 Å². The summed E-state index contributed by atoms with van der Waals surface area (Å²) in [4.78, 5) is 11.8. The Morgan fingerprint density at radius 1 is 1.29 bits per heavy atom. The van der Waals surface area contributed by atoms with Gasteiger partial charge in [0.05, 0.1) is 18.7 Å². The van der Waals surface area contributed by atoms with E-state index in [1.165, 1.54) is 19.4 Å². The van der Waals surface area contributed by atoms with Crippen molar-refractivity contribution in [2.45, 2.75) is 33.8 Å². The van der Waals surface area contributed by atoms with E-state index in [1.54, 1.807) is 13.8 Å². The minimum atomic E-state index is -0.756. The van der Waals surface area contributed by atoms with E-state index in [9.17, 15) is 13.6 Å². The monoisotopic (exact) mass is 299 g/mol. The fourth-order valence-corrected chi connectivity index (χ4v) is 1.79. The number of methoxy groups -OCH3 is 1. The van der Waals surface area contributed by atoms with Crippen molar-refractivity contribution in [3.8, 4) is 5.75 Å². The molecule has 0 radical (unpaired) electrons. The van der Waals surface area contributed by atoms with Crippen LogP contribution in [0.5, 0.6) is 5.75 Å². The summed E-state index contributed by atoms with van der Waals surface area (Å²) >= 11 is 0. The minimum Gasteiger partial charge on any atom is -0.494 e. The first-order valence-electron chi connectivity index (χ1n) is 6.69. The Kier molecular flexibility index (Phi) is 5.69. The Morgan fingerprint density at radius 2 is 1.90 bits per heavy atom. The first-order chi connectivity index (χ1) is 9.95. The molecule has 0 aliphatic heterocycles. The third kappa shape index (κ3) is 3.32. The van der Waals surface area contributed by atoms with Crippen LogP contribution in [0.25, 0.3) is 10.9 Å². The van der Waals surface area contributed by atoms with Gasteiger partial charge in [0.15, 0.2) is 17.4 Å². The molecule has 0 spiro atoms. The van der Waals surface area contributed by atoms with Crippen molar-refractivity contribution in [1.29, 1.82) is 0 Å². The van der Waals surface area contributed by atoms with Crippen LogP contribution in [-0.2, 0) is 4.74 Å². The maximum Gasteiger partial charge on any atom is 0.418 e. The lowest BCUT2D eigenvalue weighted by Crippen LogP contribution is -2.17. The van der Waals surface area contributed by atoms with E-state index < -0.39 is 17.7 Å². The third-order valence-electron chi connectivity index (χ3n) is 2.58. The number of carbonyl (C=O) groups is 1. The van der Waals surface area contributed by atoms with E-state index in [2.05, 4.69) is 0 Å². The van der Waals surface area contributed by atoms with Gasteiger partial charge in [-0.05, 0) is 19.9 Å². The summed E-state index contributed by atoms with van der Waals surface area (Å²) in [5.74, 6) is -1.67. The first kappa shape index (κ1) is 16.9. The highest BCUT2D eigenvalue weighted by atomic mass is 19.1. The maximum atomic E-state index is 13.9. The summed E-state index contributed by atoms with van der Waals surface area (Å²) in [6, 6.07) is 2.20. The van der Waals surface area contributed by atoms with Crippen LogP contribution in [0.3, 0.4) is 0 Å². The molecule has 0 saturated carbocycles. The van der Waals surface area contributed by atoms with Gasteiger partial charge in [-0.3, -0.25) is 0 Å². The second kappa shape index (κ2) is 7.06. The zero-order chi connectivity index (χ0) is 16.2. The molecule has 0 atom stereocenters. The molecule has 0 aliphatic carbocycles. The lowest BCUT2D eigenvalue weighted by Gasteiger charge is -2.10. The fourth-order valence-electron chi connectivity index (χ4n) is 1.79. The summed E-state index contributed by atoms with van der Waals surface area (Å²) in [7, 11) is 1.24. The Balaban J connectivity index is 0.00000106. The van der Waals surface area contributed by atoms with Crippen LogP contribution in [-0.4, -0.2) is 23.9 Å². The highest BCUT2D eigenvalue weighted by Crippen LogP contribution is 2.30. The minimum absolute atomic E-state index is 0.0300. The van der Waals surface area contributed by atoms with Crippen LogP contribution >= 0.6 is 0 Å². The van der Waals surface area contributed by atoms with Gasteiger partial charge in [0.25, 0.3) is 0 Å². The van der Waals surface area contributed by atoms with Crippen LogP contribution < -0.4 is 4.74 Å². The van der Waals surface area contributed by atoms with E-state index in [4.69, 9.17) is 9.47 Å². The molecule has 0 bridgehead atoms. The zero-order valence-electron chi connectivity index (χ0n) is 12.7. The average Bonchev–Trinajstić information content (AvgIpc) is 2.90. The summed E-state index contributed by atoms with van der Waals surface area (Å²) in [6.07, 6.45) is 0.158. The second-order valence-electron chi connectivity index (χ2n) is 4.26. The Hall–Kier alpha value is -2.11. The van der Waals surface area contributed by atoms with Crippen molar-refractivity contribution in [2.24, 2.45) is 0 Å². The smallest absolute Gasteiger partial charge is 0.418 e. The molecule has 0 fully saturated rings. The molecule has 21 heavy (non-hydrogen) atoms. The molecule has 0 aliphatic rings.